The molecule has 0 bridgehead atoms. The van der Waals surface area contributed by atoms with Crippen molar-refractivity contribution in [3.63, 3.8) is 0 Å². The first-order chi connectivity index (χ1) is 10.4. The molecular formula is C14H14F3N5. The summed E-state index contributed by atoms with van der Waals surface area (Å²) in [5, 5.41) is 0. The maximum Gasteiger partial charge on any atom is 0.433 e. The molecule has 0 radical (unpaired) electrons. The van der Waals surface area contributed by atoms with Crippen LogP contribution in [0.4, 0.5) is 19.0 Å². The zero-order valence-electron chi connectivity index (χ0n) is 11.9. The third-order valence-corrected chi connectivity index (χ3v) is 3.56. The second-order valence-electron chi connectivity index (χ2n) is 5.17. The molecule has 1 aliphatic heterocycles. The lowest BCUT2D eigenvalue weighted by Gasteiger charge is -2.24. The molecule has 8 heteroatoms. The van der Waals surface area contributed by atoms with E-state index in [0.717, 1.165) is 12.5 Å². The number of hydrogen-bond donors (Lipinski definition) is 0. The fraction of sp³-hybridized carbons (Fsp3) is 0.429. The highest BCUT2D eigenvalue weighted by atomic mass is 19.4. The summed E-state index contributed by atoms with van der Waals surface area (Å²) in [6, 6.07) is 0.656. The first-order valence-corrected chi connectivity index (χ1v) is 6.90. The number of rotatable bonds is 2. The number of hydrogen-bond acceptors (Lipinski definition) is 5. The van der Waals surface area contributed by atoms with E-state index in [4.69, 9.17) is 0 Å². The van der Waals surface area contributed by atoms with Crippen molar-refractivity contribution in [2.45, 2.75) is 32.0 Å². The predicted molar refractivity (Wildman–Crippen MR) is 73.1 cm³/mol. The molecule has 0 spiro atoms. The third kappa shape index (κ3) is 2.86. The fourth-order valence-corrected chi connectivity index (χ4v) is 2.63. The number of anilines is 1. The Hall–Kier alpha value is -2.25. The highest BCUT2D eigenvalue weighted by Gasteiger charge is 2.36. The molecule has 1 aliphatic rings. The molecule has 5 nitrogen and oxygen atoms in total. The van der Waals surface area contributed by atoms with Crippen LogP contribution in [0.25, 0.3) is 0 Å². The van der Waals surface area contributed by atoms with Gasteiger partial charge in [0, 0.05) is 24.6 Å². The normalized spacial score (nSPS) is 18.7. The Morgan fingerprint density at radius 1 is 1.23 bits per heavy atom. The van der Waals surface area contributed by atoms with E-state index >= 15 is 0 Å². The van der Waals surface area contributed by atoms with E-state index in [-0.39, 0.29) is 11.9 Å². The van der Waals surface area contributed by atoms with Gasteiger partial charge in [0.2, 0.25) is 0 Å². The van der Waals surface area contributed by atoms with E-state index in [1.165, 1.54) is 0 Å². The predicted octanol–water partition coefficient (Wildman–Crippen LogP) is 2.94. The molecule has 2 aromatic rings. The molecule has 0 N–H and O–H groups in total. The van der Waals surface area contributed by atoms with Gasteiger partial charge >= 0.3 is 6.18 Å². The minimum atomic E-state index is -4.47. The summed E-state index contributed by atoms with van der Waals surface area (Å²) < 4.78 is 38.8. The van der Waals surface area contributed by atoms with Crippen LogP contribution >= 0.6 is 0 Å². The molecule has 0 amide bonds. The fourth-order valence-electron chi connectivity index (χ4n) is 2.63. The van der Waals surface area contributed by atoms with Gasteiger partial charge in [-0.2, -0.15) is 13.2 Å². The van der Waals surface area contributed by atoms with E-state index in [0.29, 0.717) is 24.5 Å². The maximum atomic E-state index is 12.9. The van der Waals surface area contributed by atoms with E-state index in [2.05, 4.69) is 19.9 Å². The van der Waals surface area contributed by atoms with Crippen molar-refractivity contribution in [3.8, 4) is 0 Å². The molecule has 0 aliphatic carbocycles. The molecule has 0 saturated carbocycles. The van der Waals surface area contributed by atoms with Gasteiger partial charge in [-0.15, -0.1) is 0 Å². The molecule has 3 heterocycles. The van der Waals surface area contributed by atoms with Crippen molar-refractivity contribution >= 4 is 5.82 Å². The average molecular weight is 309 g/mol. The minimum absolute atomic E-state index is 0.190. The van der Waals surface area contributed by atoms with Gasteiger partial charge in [-0.25, -0.2) is 15.0 Å². The van der Waals surface area contributed by atoms with Crippen LogP contribution in [0.2, 0.25) is 0 Å². The monoisotopic (exact) mass is 309 g/mol. The van der Waals surface area contributed by atoms with Crippen LogP contribution < -0.4 is 4.90 Å². The molecule has 116 valence electrons. The summed E-state index contributed by atoms with van der Waals surface area (Å²) in [5.41, 5.74) is -0.593. The number of aromatic nitrogens is 4. The Kier molecular flexibility index (Phi) is 3.67. The second kappa shape index (κ2) is 5.51. The van der Waals surface area contributed by atoms with Crippen LogP contribution in [0.15, 0.2) is 24.7 Å². The van der Waals surface area contributed by atoms with Gasteiger partial charge in [-0.1, -0.05) is 0 Å². The Balaban J connectivity index is 1.98. The summed E-state index contributed by atoms with van der Waals surface area (Å²) in [5.74, 6) is 0.819. The van der Waals surface area contributed by atoms with Crippen LogP contribution in [0.3, 0.4) is 0 Å². The van der Waals surface area contributed by atoms with E-state index < -0.39 is 11.9 Å². The zero-order valence-corrected chi connectivity index (χ0v) is 11.9. The van der Waals surface area contributed by atoms with Crippen LogP contribution in [0.1, 0.15) is 36.1 Å². The summed E-state index contributed by atoms with van der Waals surface area (Å²) in [4.78, 5) is 18.1. The summed E-state index contributed by atoms with van der Waals surface area (Å²) in [6.07, 6.45) is 1.77. The molecule has 2 aromatic heterocycles. The topological polar surface area (TPSA) is 54.8 Å². The first kappa shape index (κ1) is 14.7. The number of halogens is 3. The van der Waals surface area contributed by atoms with Gasteiger partial charge < -0.3 is 4.90 Å². The minimum Gasteiger partial charge on any atom is -0.345 e. The van der Waals surface area contributed by atoms with Crippen molar-refractivity contribution in [2.24, 2.45) is 0 Å². The lowest BCUT2D eigenvalue weighted by Crippen LogP contribution is -2.26. The zero-order chi connectivity index (χ0) is 15.7. The van der Waals surface area contributed by atoms with Gasteiger partial charge in [0.1, 0.15) is 11.5 Å². The number of nitrogens with zero attached hydrogens (tertiary/aromatic N) is 5. The largest absolute Gasteiger partial charge is 0.433 e. The Labute approximate surface area is 125 Å². The van der Waals surface area contributed by atoms with Crippen molar-refractivity contribution in [3.05, 3.63) is 41.9 Å². The lowest BCUT2D eigenvalue weighted by molar-refractivity contribution is -0.141. The van der Waals surface area contributed by atoms with Crippen LogP contribution in [0, 0.1) is 6.92 Å². The van der Waals surface area contributed by atoms with Gasteiger partial charge in [0.05, 0.1) is 12.2 Å². The molecule has 1 saturated heterocycles. The smallest absolute Gasteiger partial charge is 0.345 e. The third-order valence-electron chi connectivity index (χ3n) is 3.56. The Morgan fingerprint density at radius 2 is 2.05 bits per heavy atom. The van der Waals surface area contributed by atoms with E-state index in [1.54, 1.807) is 25.5 Å². The van der Waals surface area contributed by atoms with Gasteiger partial charge in [-0.05, 0) is 25.8 Å². The Morgan fingerprint density at radius 3 is 2.73 bits per heavy atom. The summed E-state index contributed by atoms with van der Waals surface area (Å²) in [6.45, 7) is 2.24. The Bertz CT molecular complexity index is 659. The van der Waals surface area contributed by atoms with E-state index in [9.17, 15) is 13.2 Å². The molecule has 0 aromatic carbocycles. The number of alkyl halides is 3. The number of aryl methyl sites for hydroxylation is 1. The second-order valence-corrected chi connectivity index (χ2v) is 5.17. The molecule has 1 atom stereocenters. The van der Waals surface area contributed by atoms with E-state index in [1.807, 2.05) is 4.90 Å². The van der Waals surface area contributed by atoms with Gasteiger partial charge in [0.25, 0.3) is 0 Å². The van der Waals surface area contributed by atoms with Crippen LogP contribution in [-0.2, 0) is 6.18 Å². The molecule has 1 fully saturated rings. The van der Waals surface area contributed by atoms with Crippen molar-refractivity contribution in [1.82, 2.24) is 19.9 Å². The summed E-state index contributed by atoms with van der Waals surface area (Å²) >= 11 is 0. The highest BCUT2D eigenvalue weighted by Crippen LogP contribution is 2.35. The first-order valence-electron chi connectivity index (χ1n) is 6.90. The quantitative estimate of drug-likeness (QED) is 0.853. The van der Waals surface area contributed by atoms with Crippen molar-refractivity contribution in [1.29, 1.82) is 0 Å². The van der Waals surface area contributed by atoms with Gasteiger partial charge in [0.15, 0.2) is 5.82 Å². The molecule has 3 rings (SSSR count). The van der Waals surface area contributed by atoms with Crippen molar-refractivity contribution < 1.29 is 13.2 Å². The summed E-state index contributed by atoms with van der Waals surface area (Å²) in [7, 11) is 0. The van der Waals surface area contributed by atoms with Crippen LogP contribution in [0.5, 0.6) is 0 Å². The molecule has 0 unspecified atom stereocenters. The van der Waals surface area contributed by atoms with Gasteiger partial charge in [-0.3, -0.25) is 4.98 Å². The lowest BCUT2D eigenvalue weighted by atomic mass is 10.2. The van der Waals surface area contributed by atoms with Crippen LogP contribution in [-0.4, -0.2) is 26.5 Å². The molecule has 22 heavy (non-hydrogen) atoms. The maximum absolute atomic E-state index is 12.9. The molecular weight excluding hydrogens is 295 g/mol. The van der Waals surface area contributed by atoms with Crippen molar-refractivity contribution in [2.75, 3.05) is 11.4 Å². The standard InChI is InChI=1S/C14H14F3N5/c1-9-7-11(14(15,16)17)21-13(20-9)10-3-2-6-22(10)12-8-18-4-5-19-12/h4-5,7-8,10H,2-3,6H2,1H3/t10-/m0/s1. The SMILES string of the molecule is Cc1cc(C(F)(F)F)nc([C@@H]2CCCN2c2cnccn2)n1. The highest BCUT2D eigenvalue weighted by molar-refractivity contribution is 5.39. The average Bonchev–Trinajstić information content (AvgIpc) is 2.96.